The van der Waals surface area contributed by atoms with Crippen LogP contribution in [0.4, 0.5) is 8.78 Å². The van der Waals surface area contributed by atoms with E-state index in [9.17, 15) is 8.78 Å². The second kappa shape index (κ2) is 7.53. The van der Waals surface area contributed by atoms with Crippen LogP contribution in [0.3, 0.4) is 0 Å². The lowest BCUT2D eigenvalue weighted by Gasteiger charge is -2.21. The van der Waals surface area contributed by atoms with Gasteiger partial charge in [0.1, 0.15) is 11.6 Å². The Labute approximate surface area is 128 Å². The van der Waals surface area contributed by atoms with Crippen molar-refractivity contribution in [2.75, 3.05) is 6.54 Å². The first-order valence-electron chi connectivity index (χ1n) is 7.04. The molecule has 1 nitrogen and oxygen atoms in total. The molecule has 2 rings (SSSR count). The molecule has 0 saturated carbocycles. The van der Waals surface area contributed by atoms with E-state index < -0.39 is 0 Å². The van der Waals surface area contributed by atoms with Crippen molar-refractivity contribution in [3.8, 4) is 0 Å². The van der Waals surface area contributed by atoms with Gasteiger partial charge in [0, 0.05) is 16.6 Å². The summed E-state index contributed by atoms with van der Waals surface area (Å²) in [6.07, 6.45) is 1.26. The predicted octanol–water partition coefficient (Wildman–Crippen LogP) is 4.90. The Balaban J connectivity index is 2.32. The van der Waals surface area contributed by atoms with Crippen molar-refractivity contribution in [3.05, 3.63) is 70.2 Å². The third-order valence-corrected chi connectivity index (χ3v) is 3.70. The Morgan fingerprint density at radius 3 is 2.43 bits per heavy atom. The molecule has 0 amide bonds. The Bertz CT molecular complexity index is 581. The average Bonchev–Trinajstić information content (AvgIpc) is 2.46. The van der Waals surface area contributed by atoms with Gasteiger partial charge in [0.25, 0.3) is 0 Å². The summed E-state index contributed by atoms with van der Waals surface area (Å²) >= 11 is 6.14. The van der Waals surface area contributed by atoms with Gasteiger partial charge in [-0.05, 0) is 43.1 Å². The summed E-state index contributed by atoms with van der Waals surface area (Å²) in [5.41, 5.74) is 0.946. The first-order chi connectivity index (χ1) is 10.1. The summed E-state index contributed by atoms with van der Waals surface area (Å²) < 4.78 is 27.9. The van der Waals surface area contributed by atoms with Crippen molar-refractivity contribution >= 4 is 11.6 Å². The predicted molar refractivity (Wildman–Crippen MR) is 82.5 cm³/mol. The van der Waals surface area contributed by atoms with Crippen molar-refractivity contribution in [2.24, 2.45) is 0 Å². The lowest BCUT2D eigenvalue weighted by Crippen LogP contribution is -2.25. The number of benzene rings is 2. The molecule has 0 heterocycles. The molecule has 21 heavy (non-hydrogen) atoms. The van der Waals surface area contributed by atoms with E-state index in [1.54, 1.807) is 30.3 Å². The number of nitrogens with one attached hydrogen (secondary N) is 1. The lowest BCUT2D eigenvalue weighted by molar-refractivity contribution is 0.487. The van der Waals surface area contributed by atoms with E-state index in [0.717, 1.165) is 6.42 Å². The monoisotopic (exact) mass is 309 g/mol. The summed E-state index contributed by atoms with van der Waals surface area (Å²) in [4.78, 5) is 0. The maximum Gasteiger partial charge on any atom is 0.129 e. The number of halogens is 3. The quantitative estimate of drug-likeness (QED) is 0.800. The molecule has 1 unspecified atom stereocenters. The molecule has 0 aliphatic rings. The zero-order chi connectivity index (χ0) is 15.2. The SMILES string of the molecule is CCCNC(Cc1ccccc1F)c1c(F)cccc1Cl. The highest BCUT2D eigenvalue weighted by Gasteiger charge is 2.20. The summed E-state index contributed by atoms with van der Waals surface area (Å²) in [6.45, 7) is 2.74. The van der Waals surface area contributed by atoms with Gasteiger partial charge in [-0.1, -0.05) is 42.8 Å². The van der Waals surface area contributed by atoms with E-state index >= 15 is 0 Å². The highest BCUT2D eigenvalue weighted by molar-refractivity contribution is 6.31. The van der Waals surface area contributed by atoms with Gasteiger partial charge < -0.3 is 5.32 Å². The van der Waals surface area contributed by atoms with Crippen LogP contribution < -0.4 is 5.32 Å². The molecular weight excluding hydrogens is 292 g/mol. The van der Waals surface area contributed by atoms with Crippen LogP contribution in [-0.4, -0.2) is 6.54 Å². The minimum absolute atomic E-state index is 0.284. The molecule has 2 aromatic carbocycles. The number of hydrogen-bond donors (Lipinski definition) is 1. The average molecular weight is 310 g/mol. The van der Waals surface area contributed by atoms with Gasteiger partial charge in [0.2, 0.25) is 0 Å². The molecule has 1 atom stereocenters. The molecule has 0 bridgehead atoms. The minimum atomic E-state index is -0.368. The van der Waals surface area contributed by atoms with Crippen LogP contribution in [-0.2, 0) is 6.42 Å². The molecule has 0 aromatic heterocycles. The van der Waals surface area contributed by atoms with Crippen LogP contribution in [0.25, 0.3) is 0 Å². The van der Waals surface area contributed by atoms with E-state index in [-0.39, 0.29) is 17.7 Å². The molecule has 0 aliphatic carbocycles. The summed E-state index contributed by atoms with van der Waals surface area (Å²) in [7, 11) is 0. The van der Waals surface area contributed by atoms with E-state index in [1.807, 2.05) is 6.92 Å². The summed E-state index contributed by atoms with van der Waals surface area (Å²) in [6, 6.07) is 10.8. The first-order valence-corrected chi connectivity index (χ1v) is 7.42. The van der Waals surface area contributed by atoms with Gasteiger partial charge in [0.05, 0.1) is 0 Å². The zero-order valence-electron chi connectivity index (χ0n) is 11.9. The first kappa shape index (κ1) is 15.9. The van der Waals surface area contributed by atoms with Crippen molar-refractivity contribution in [3.63, 3.8) is 0 Å². The third kappa shape index (κ3) is 4.02. The standard InChI is InChI=1S/C17H18ClF2N/c1-2-10-21-16(11-12-6-3-4-8-14(12)19)17-13(18)7-5-9-15(17)20/h3-9,16,21H,2,10-11H2,1H3. The van der Waals surface area contributed by atoms with Crippen LogP contribution in [0.5, 0.6) is 0 Å². The molecule has 0 aliphatic heterocycles. The smallest absolute Gasteiger partial charge is 0.129 e. The topological polar surface area (TPSA) is 12.0 Å². The van der Waals surface area contributed by atoms with E-state index in [2.05, 4.69) is 5.32 Å². The fraction of sp³-hybridized carbons (Fsp3) is 0.294. The van der Waals surface area contributed by atoms with E-state index in [4.69, 9.17) is 11.6 Å². The van der Waals surface area contributed by atoms with Gasteiger partial charge in [0.15, 0.2) is 0 Å². The highest BCUT2D eigenvalue weighted by Crippen LogP contribution is 2.29. The normalized spacial score (nSPS) is 12.4. The van der Waals surface area contributed by atoms with Crippen LogP contribution in [0.1, 0.15) is 30.5 Å². The highest BCUT2D eigenvalue weighted by atomic mass is 35.5. The van der Waals surface area contributed by atoms with Crippen LogP contribution >= 0.6 is 11.6 Å². The fourth-order valence-corrected chi connectivity index (χ4v) is 2.62. The number of hydrogen-bond acceptors (Lipinski definition) is 1. The second-order valence-electron chi connectivity index (χ2n) is 4.94. The molecule has 1 N–H and O–H groups in total. The third-order valence-electron chi connectivity index (χ3n) is 3.37. The number of rotatable bonds is 6. The van der Waals surface area contributed by atoms with E-state index in [0.29, 0.717) is 29.1 Å². The molecule has 0 spiro atoms. The maximum absolute atomic E-state index is 14.1. The Kier molecular flexibility index (Phi) is 5.71. The van der Waals surface area contributed by atoms with Crippen LogP contribution in [0.15, 0.2) is 42.5 Å². The largest absolute Gasteiger partial charge is 0.310 e. The molecule has 112 valence electrons. The fourth-order valence-electron chi connectivity index (χ4n) is 2.32. The van der Waals surface area contributed by atoms with Gasteiger partial charge >= 0.3 is 0 Å². The second-order valence-corrected chi connectivity index (χ2v) is 5.34. The maximum atomic E-state index is 14.1. The van der Waals surface area contributed by atoms with E-state index in [1.165, 1.54) is 12.1 Å². The molecule has 0 fully saturated rings. The molecule has 2 aromatic rings. The molecule has 4 heteroatoms. The molecule has 0 saturated heterocycles. The van der Waals surface area contributed by atoms with Crippen molar-refractivity contribution in [1.82, 2.24) is 5.32 Å². The lowest BCUT2D eigenvalue weighted by atomic mass is 9.97. The summed E-state index contributed by atoms with van der Waals surface area (Å²) in [5.74, 6) is -0.652. The zero-order valence-corrected chi connectivity index (χ0v) is 12.6. The Hall–Kier alpha value is -1.45. The van der Waals surface area contributed by atoms with Crippen molar-refractivity contribution in [1.29, 1.82) is 0 Å². The Morgan fingerprint density at radius 1 is 1.05 bits per heavy atom. The van der Waals surface area contributed by atoms with Gasteiger partial charge in [-0.2, -0.15) is 0 Å². The van der Waals surface area contributed by atoms with Gasteiger partial charge in [-0.15, -0.1) is 0 Å². The van der Waals surface area contributed by atoms with Crippen molar-refractivity contribution in [2.45, 2.75) is 25.8 Å². The van der Waals surface area contributed by atoms with Gasteiger partial charge in [-0.25, -0.2) is 8.78 Å². The van der Waals surface area contributed by atoms with Crippen LogP contribution in [0, 0.1) is 11.6 Å². The minimum Gasteiger partial charge on any atom is -0.310 e. The van der Waals surface area contributed by atoms with Crippen LogP contribution in [0.2, 0.25) is 5.02 Å². The molecule has 0 radical (unpaired) electrons. The summed E-state index contributed by atoms with van der Waals surface area (Å²) in [5, 5.41) is 3.61. The molecular formula is C17H18ClF2N. The van der Waals surface area contributed by atoms with Gasteiger partial charge in [-0.3, -0.25) is 0 Å². The Morgan fingerprint density at radius 2 is 1.76 bits per heavy atom. The van der Waals surface area contributed by atoms with Crippen molar-refractivity contribution < 1.29 is 8.78 Å².